The molecular weight excluding hydrogens is 254 g/mol. The van der Waals surface area contributed by atoms with E-state index in [0.717, 1.165) is 18.4 Å². The summed E-state index contributed by atoms with van der Waals surface area (Å²) in [6, 6.07) is 7.47. The second-order valence-corrected chi connectivity index (χ2v) is 5.36. The molecule has 0 fully saturated rings. The lowest BCUT2D eigenvalue weighted by molar-refractivity contribution is -0.127. The number of amides is 1. The summed E-state index contributed by atoms with van der Waals surface area (Å²) in [6.07, 6.45) is 2.13. The lowest BCUT2D eigenvalue weighted by Gasteiger charge is -2.34. The van der Waals surface area contributed by atoms with Gasteiger partial charge in [0.1, 0.15) is 11.4 Å². The molecule has 1 atom stereocenters. The molecule has 0 saturated heterocycles. The average Bonchev–Trinajstić information content (AvgIpc) is 2.47. The van der Waals surface area contributed by atoms with Gasteiger partial charge < -0.3 is 15.2 Å². The van der Waals surface area contributed by atoms with E-state index in [1.165, 1.54) is 0 Å². The van der Waals surface area contributed by atoms with Crippen LogP contribution in [0.4, 0.5) is 0 Å². The van der Waals surface area contributed by atoms with E-state index in [1.54, 1.807) is 0 Å². The molecule has 2 N–H and O–H groups in total. The Morgan fingerprint density at radius 3 is 2.80 bits per heavy atom. The van der Waals surface area contributed by atoms with E-state index >= 15 is 0 Å². The standard InChI is InChI=1S/C16H23NO3/c1-3-12(4-2)15(18)17-11-16(19)9-10-20-14-8-6-5-7-13(14)16/h5-8,12,19H,3-4,9-11H2,1-2H3,(H,17,18). The quantitative estimate of drug-likeness (QED) is 0.867. The van der Waals surface area contributed by atoms with Gasteiger partial charge in [0.05, 0.1) is 13.2 Å². The van der Waals surface area contributed by atoms with E-state index in [0.29, 0.717) is 18.8 Å². The van der Waals surface area contributed by atoms with E-state index < -0.39 is 5.60 Å². The predicted molar refractivity (Wildman–Crippen MR) is 77.5 cm³/mol. The lowest BCUT2D eigenvalue weighted by atomic mass is 9.88. The molecule has 1 aliphatic heterocycles. The minimum atomic E-state index is -1.03. The Morgan fingerprint density at radius 1 is 1.40 bits per heavy atom. The van der Waals surface area contributed by atoms with Crippen molar-refractivity contribution in [1.82, 2.24) is 5.32 Å². The molecule has 1 aliphatic rings. The molecule has 110 valence electrons. The normalized spacial score (nSPS) is 21.2. The molecule has 1 amide bonds. The highest BCUT2D eigenvalue weighted by Gasteiger charge is 2.36. The SMILES string of the molecule is CCC(CC)C(=O)NCC1(O)CCOc2ccccc21. The molecule has 1 unspecified atom stereocenters. The highest BCUT2D eigenvalue weighted by atomic mass is 16.5. The Bertz CT molecular complexity index is 471. The summed E-state index contributed by atoms with van der Waals surface area (Å²) < 4.78 is 5.54. The van der Waals surface area contributed by atoms with Gasteiger partial charge >= 0.3 is 0 Å². The molecule has 2 rings (SSSR count). The minimum absolute atomic E-state index is 0.0207. The molecule has 0 aliphatic carbocycles. The summed E-state index contributed by atoms with van der Waals surface area (Å²) in [7, 11) is 0. The third-order valence-corrected chi connectivity index (χ3v) is 4.07. The van der Waals surface area contributed by atoms with Gasteiger partial charge in [-0.1, -0.05) is 32.0 Å². The molecule has 0 bridgehead atoms. The van der Waals surface area contributed by atoms with Crippen molar-refractivity contribution in [2.24, 2.45) is 5.92 Å². The van der Waals surface area contributed by atoms with Crippen molar-refractivity contribution in [2.45, 2.75) is 38.7 Å². The van der Waals surface area contributed by atoms with Crippen LogP contribution in [-0.4, -0.2) is 24.2 Å². The fourth-order valence-corrected chi connectivity index (χ4v) is 2.66. The van der Waals surface area contributed by atoms with Crippen LogP contribution in [-0.2, 0) is 10.4 Å². The van der Waals surface area contributed by atoms with Gasteiger partial charge in [0.15, 0.2) is 0 Å². The number of ether oxygens (including phenoxy) is 1. The van der Waals surface area contributed by atoms with Gasteiger partial charge in [0, 0.05) is 17.9 Å². The van der Waals surface area contributed by atoms with Crippen molar-refractivity contribution in [3.63, 3.8) is 0 Å². The van der Waals surface area contributed by atoms with Gasteiger partial charge in [-0.3, -0.25) is 4.79 Å². The summed E-state index contributed by atoms with van der Waals surface area (Å²) in [5.74, 6) is 0.749. The van der Waals surface area contributed by atoms with Crippen molar-refractivity contribution in [3.8, 4) is 5.75 Å². The number of aliphatic hydroxyl groups is 1. The zero-order chi connectivity index (χ0) is 14.6. The number of rotatable bonds is 5. The van der Waals surface area contributed by atoms with Crippen molar-refractivity contribution < 1.29 is 14.6 Å². The maximum absolute atomic E-state index is 12.0. The number of fused-ring (bicyclic) bond motifs is 1. The molecule has 1 heterocycles. The maximum Gasteiger partial charge on any atom is 0.223 e. The Balaban J connectivity index is 2.08. The number of hydrogen-bond acceptors (Lipinski definition) is 3. The molecule has 0 radical (unpaired) electrons. The highest BCUT2D eigenvalue weighted by Crippen LogP contribution is 2.36. The monoisotopic (exact) mass is 277 g/mol. The molecule has 4 heteroatoms. The van der Waals surface area contributed by atoms with Gasteiger partial charge in [0.25, 0.3) is 0 Å². The first-order chi connectivity index (χ1) is 9.60. The first kappa shape index (κ1) is 14.9. The van der Waals surface area contributed by atoms with Crippen LogP contribution < -0.4 is 10.1 Å². The second-order valence-electron chi connectivity index (χ2n) is 5.36. The van der Waals surface area contributed by atoms with E-state index in [2.05, 4.69) is 5.32 Å². The molecule has 0 saturated carbocycles. The van der Waals surface area contributed by atoms with Crippen LogP contribution in [0.1, 0.15) is 38.7 Å². The maximum atomic E-state index is 12.0. The number of nitrogens with one attached hydrogen (secondary N) is 1. The Kier molecular flexibility index (Phi) is 4.65. The third kappa shape index (κ3) is 2.96. The molecule has 20 heavy (non-hydrogen) atoms. The number of benzene rings is 1. The van der Waals surface area contributed by atoms with Crippen LogP contribution in [0.25, 0.3) is 0 Å². The van der Waals surface area contributed by atoms with E-state index in [9.17, 15) is 9.90 Å². The van der Waals surface area contributed by atoms with Gasteiger partial charge in [-0.15, -0.1) is 0 Å². The number of carbonyl (C=O) groups excluding carboxylic acids is 1. The highest BCUT2D eigenvalue weighted by molar-refractivity contribution is 5.78. The summed E-state index contributed by atoms with van der Waals surface area (Å²) in [5.41, 5.74) is -0.271. The molecular formula is C16H23NO3. The molecule has 0 aromatic heterocycles. The number of hydrogen-bond donors (Lipinski definition) is 2. The van der Waals surface area contributed by atoms with Crippen LogP contribution in [0.3, 0.4) is 0 Å². The molecule has 4 nitrogen and oxygen atoms in total. The summed E-state index contributed by atoms with van der Waals surface area (Å²) in [5, 5.41) is 13.7. The first-order valence-corrected chi connectivity index (χ1v) is 7.33. The summed E-state index contributed by atoms with van der Waals surface area (Å²) in [6.45, 7) is 4.72. The van der Waals surface area contributed by atoms with Crippen LogP contribution in [0.15, 0.2) is 24.3 Å². The Morgan fingerprint density at radius 2 is 2.10 bits per heavy atom. The average molecular weight is 277 g/mol. The van der Waals surface area contributed by atoms with Crippen LogP contribution >= 0.6 is 0 Å². The van der Waals surface area contributed by atoms with Crippen LogP contribution in [0, 0.1) is 5.92 Å². The topological polar surface area (TPSA) is 58.6 Å². The van der Waals surface area contributed by atoms with Crippen LogP contribution in [0.2, 0.25) is 0 Å². The van der Waals surface area contributed by atoms with Crippen molar-refractivity contribution >= 4 is 5.91 Å². The van der Waals surface area contributed by atoms with Crippen LogP contribution in [0.5, 0.6) is 5.75 Å². The summed E-state index contributed by atoms with van der Waals surface area (Å²) in [4.78, 5) is 12.0. The molecule has 1 aromatic rings. The fourth-order valence-electron chi connectivity index (χ4n) is 2.66. The third-order valence-electron chi connectivity index (χ3n) is 4.07. The van der Waals surface area contributed by atoms with E-state index in [1.807, 2.05) is 38.1 Å². The minimum Gasteiger partial charge on any atom is -0.493 e. The number of carbonyl (C=O) groups is 1. The predicted octanol–water partition coefficient (Wildman–Crippen LogP) is 2.21. The van der Waals surface area contributed by atoms with Crippen molar-refractivity contribution in [2.75, 3.05) is 13.2 Å². The molecule has 0 spiro atoms. The van der Waals surface area contributed by atoms with Gasteiger partial charge in [0.2, 0.25) is 5.91 Å². The number of para-hydroxylation sites is 1. The summed E-state index contributed by atoms with van der Waals surface area (Å²) >= 11 is 0. The zero-order valence-corrected chi connectivity index (χ0v) is 12.2. The van der Waals surface area contributed by atoms with E-state index in [4.69, 9.17) is 4.74 Å². The zero-order valence-electron chi connectivity index (χ0n) is 12.2. The Labute approximate surface area is 120 Å². The van der Waals surface area contributed by atoms with E-state index in [-0.39, 0.29) is 18.4 Å². The molecule has 1 aromatic carbocycles. The fraction of sp³-hybridized carbons (Fsp3) is 0.562. The van der Waals surface area contributed by atoms with Gasteiger partial charge in [-0.2, -0.15) is 0 Å². The van der Waals surface area contributed by atoms with Gasteiger partial charge in [-0.05, 0) is 18.9 Å². The van der Waals surface area contributed by atoms with Crippen molar-refractivity contribution in [1.29, 1.82) is 0 Å². The first-order valence-electron chi connectivity index (χ1n) is 7.33. The Hall–Kier alpha value is -1.55. The van der Waals surface area contributed by atoms with Gasteiger partial charge in [-0.25, -0.2) is 0 Å². The largest absolute Gasteiger partial charge is 0.493 e. The van der Waals surface area contributed by atoms with Crippen molar-refractivity contribution in [3.05, 3.63) is 29.8 Å². The lowest BCUT2D eigenvalue weighted by Crippen LogP contribution is -2.45. The second kappa shape index (κ2) is 6.27. The smallest absolute Gasteiger partial charge is 0.223 e.